The summed E-state index contributed by atoms with van der Waals surface area (Å²) in [5.74, 6) is 1.29. The minimum atomic E-state index is -0.428. The summed E-state index contributed by atoms with van der Waals surface area (Å²) in [5, 5.41) is 20.7. The van der Waals surface area contributed by atoms with Crippen LogP contribution in [0.2, 0.25) is 0 Å². The minimum Gasteiger partial charge on any atom is -0.508 e. The Morgan fingerprint density at radius 3 is 1.86 bits per heavy atom. The molecule has 4 rings (SSSR count). The Kier molecular flexibility index (Phi) is 6.33. The standard InChI is InChI=1S/C26H24O9/c1-30-17-7-6-13(8-16(17)28)25-22(14-9-20(32-3)26(34-5)21(10-14)33-4)24(29)23-18(31-2)11-15(27)12-19(23)35-25/h6-12,27-28H,1-5H3. The fraction of sp³-hybridized carbons (Fsp3) is 0.192. The van der Waals surface area contributed by atoms with Gasteiger partial charge in [0.2, 0.25) is 11.2 Å². The molecule has 0 aliphatic rings. The van der Waals surface area contributed by atoms with Gasteiger partial charge in [-0.05, 0) is 35.9 Å². The van der Waals surface area contributed by atoms with Crippen LogP contribution in [-0.2, 0) is 0 Å². The first-order valence-corrected chi connectivity index (χ1v) is 10.4. The Morgan fingerprint density at radius 1 is 0.686 bits per heavy atom. The molecule has 4 aromatic rings. The van der Waals surface area contributed by atoms with E-state index in [0.717, 1.165) is 0 Å². The van der Waals surface area contributed by atoms with E-state index < -0.39 is 5.43 Å². The van der Waals surface area contributed by atoms with Crippen molar-refractivity contribution in [1.29, 1.82) is 0 Å². The van der Waals surface area contributed by atoms with Crippen molar-refractivity contribution in [2.24, 2.45) is 0 Å². The molecular formula is C26H24O9. The van der Waals surface area contributed by atoms with Gasteiger partial charge in [0.15, 0.2) is 23.0 Å². The van der Waals surface area contributed by atoms with Crippen LogP contribution in [0.3, 0.4) is 0 Å². The monoisotopic (exact) mass is 480 g/mol. The molecule has 0 saturated heterocycles. The number of benzene rings is 3. The molecule has 9 heteroatoms. The highest BCUT2D eigenvalue weighted by atomic mass is 16.5. The van der Waals surface area contributed by atoms with E-state index in [9.17, 15) is 15.0 Å². The zero-order valence-corrected chi connectivity index (χ0v) is 19.8. The molecule has 9 nitrogen and oxygen atoms in total. The predicted octanol–water partition coefficient (Wildman–Crippen LogP) is 4.58. The maximum atomic E-state index is 14.0. The number of hydrogen-bond donors (Lipinski definition) is 2. The van der Waals surface area contributed by atoms with Gasteiger partial charge in [-0.15, -0.1) is 0 Å². The summed E-state index contributed by atoms with van der Waals surface area (Å²) >= 11 is 0. The molecule has 0 spiro atoms. The number of fused-ring (bicyclic) bond motifs is 1. The number of hydrogen-bond acceptors (Lipinski definition) is 9. The van der Waals surface area contributed by atoms with Crippen LogP contribution >= 0.6 is 0 Å². The molecule has 0 bridgehead atoms. The second-order valence-corrected chi connectivity index (χ2v) is 7.46. The lowest BCUT2D eigenvalue weighted by Crippen LogP contribution is -2.09. The largest absolute Gasteiger partial charge is 0.508 e. The first-order valence-electron chi connectivity index (χ1n) is 10.4. The van der Waals surface area contributed by atoms with Gasteiger partial charge in [-0.3, -0.25) is 4.79 Å². The summed E-state index contributed by atoms with van der Waals surface area (Å²) < 4.78 is 33.0. The highest BCUT2D eigenvalue weighted by Crippen LogP contribution is 2.44. The Hall–Kier alpha value is -4.53. The fourth-order valence-electron chi connectivity index (χ4n) is 3.95. The number of phenolic OH excluding ortho intramolecular Hbond substituents is 2. The van der Waals surface area contributed by atoms with Crippen molar-refractivity contribution in [2.75, 3.05) is 35.5 Å². The summed E-state index contributed by atoms with van der Waals surface area (Å²) in [7, 11) is 7.24. The zero-order chi connectivity index (χ0) is 25.3. The van der Waals surface area contributed by atoms with Gasteiger partial charge in [-0.2, -0.15) is 0 Å². The Balaban J connectivity index is 2.16. The van der Waals surface area contributed by atoms with Crippen molar-refractivity contribution in [2.45, 2.75) is 0 Å². The third kappa shape index (κ3) is 4.01. The van der Waals surface area contributed by atoms with Crippen molar-refractivity contribution in [3.05, 3.63) is 52.7 Å². The van der Waals surface area contributed by atoms with E-state index in [1.807, 2.05) is 0 Å². The zero-order valence-electron chi connectivity index (χ0n) is 19.8. The second kappa shape index (κ2) is 9.38. The lowest BCUT2D eigenvalue weighted by atomic mass is 9.97. The molecule has 0 amide bonds. The predicted molar refractivity (Wildman–Crippen MR) is 129 cm³/mol. The van der Waals surface area contributed by atoms with E-state index in [4.69, 9.17) is 28.1 Å². The van der Waals surface area contributed by atoms with E-state index >= 15 is 0 Å². The van der Waals surface area contributed by atoms with Gasteiger partial charge in [-0.1, -0.05) is 0 Å². The lowest BCUT2D eigenvalue weighted by Gasteiger charge is -2.17. The van der Waals surface area contributed by atoms with Gasteiger partial charge in [-0.25, -0.2) is 0 Å². The van der Waals surface area contributed by atoms with E-state index in [0.29, 0.717) is 28.4 Å². The van der Waals surface area contributed by atoms with E-state index in [2.05, 4.69) is 0 Å². The topological polar surface area (TPSA) is 117 Å². The molecule has 0 saturated carbocycles. The molecule has 35 heavy (non-hydrogen) atoms. The summed E-state index contributed by atoms with van der Waals surface area (Å²) in [6.45, 7) is 0. The molecule has 0 radical (unpaired) electrons. The van der Waals surface area contributed by atoms with Crippen molar-refractivity contribution in [1.82, 2.24) is 0 Å². The van der Waals surface area contributed by atoms with Gasteiger partial charge >= 0.3 is 0 Å². The molecule has 3 aromatic carbocycles. The number of rotatable bonds is 7. The van der Waals surface area contributed by atoms with Crippen LogP contribution in [0.4, 0.5) is 0 Å². The molecule has 182 valence electrons. The third-order valence-electron chi connectivity index (χ3n) is 5.56. The van der Waals surface area contributed by atoms with Crippen LogP contribution in [0.5, 0.6) is 40.2 Å². The second-order valence-electron chi connectivity index (χ2n) is 7.46. The van der Waals surface area contributed by atoms with Crippen molar-refractivity contribution < 1.29 is 38.3 Å². The number of methoxy groups -OCH3 is 5. The Bertz CT molecular complexity index is 1450. The van der Waals surface area contributed by atoms with Crippen LogP contribution in [-0.4, -0.2) is 45.8 Å². The van der Waals surface area contributed by atoms with E-state index in [-0.39, 0.29) is 45.3 Å². The summed E-state index contributed by atoms with van der Waals surface area (Å²) in [6, 6.07) is 10.5. The summed E-state index contributed by atoms with van der Waals surface area (Å²) in [4.78, 5) is 14.0. The van der Waals surface area contributed by atoms with Gasteiger partial charge in [0.05, 0.1) is 41.1 Å². The molecule has 1 heterocycles. The van der Waals surface area contributed by atoms with E-state index in [1.54, 1.807) is 24.3 Å². The quantitative estimate of drug-likeness (QED) is 0.392. The average Bonchev–Trinajstić information content (AvgIpc) is 2.86. The third-order valence-corrected chi connectivity index (χ3v) is 5.56. The van der Waals surface area contributed by atoms with Crippen LogP contribution in [0.15, 0.2) is 51.7 Å². The Labute approximate surface area is 200 Å². The van der Waals surface area contributed by atoms with Gasteiger partial charge in [0.1, 0.15) is 28.2 Å². The van der Waals surface area contributed by atoms with Gasteiger partial charge < -0.3 is 38.3 Å². The molecule has 0 aliphatic heterocycles. The smallest absolute Gasteiger partial charge is 0.204 e. The van der Waals surface area contributed by atoms with Crippen molar-refractivity contribution in [3.8, 4) is 62.7 Å². The highest BCUT2D eigenvalue weighted by molar-refractivity contribution is 5.94. The van der Waals surface area contributed by atoms with Gasteiger partial charge in [0.25, 0.3) is 0 Å². The maximum absolute atomic E-state index is 14.0. The van der Waals surface area contributed by atoms with Gasteiger partial charge in [0, 0.05) is 17.7 Å². The van der Waals surface area contributed by atoms with Crippen LogP contribution in [0.1, 0.15) is 0 Å². The maximum Gasteiger partial charge on any atom is 0.204 e. The van der Waals surface area contributed by atoms with Crippen molar-refractivity contribution in [3.63, 3.8) is 0 Å². The summed E-state index contributed by atoms with van der Waals surface area (Å²) in [5.41, 5.74) is 0.644. The molecule has 0 aliphatic carbocycles. The molecule has 1 aromatic heterocycles. The minimum absolute atomic E-state index is 0.105. The molecular weight excluding hydrogens is 456 g/mol. The average molecular weight is 480 g/mol. The fourth-order valence-corrected chi connectivity index (χ4v) is 3.95. The molecule has 0 atom stereocenters. The van der Waals surface area contributed by atoms with Crippen LogP contribution in [0.25, 0.3) is 33.4 Å². The van der Waals surface area contributed by atoms with Crippen molar-refractivity contribution >= 4 is 11.0 Å². The number of ether oxygens (including phenoxy) is 5. The van der Waals surface area contributed by atoms with Crippen LogP contribution in [0, 0.1) is 0 Å². The first-order chi connectivity index (χ1) is 16.9. The molecule has 0 fully saturated rings. The Morgan fingerprint density at radius 2 is 1.31 bits per heavy atom. The SMILES string of the molecule is COc1ccc(-c2oc3cc(O)cc(OC)c3c(=O)c2-c2cc(OC)c(OC)c(OC)c2)cc1O. The number of phenols is 2. The normalized spacial score (nSPS) is 10.8. The molecule has 2 N–H and O–H groups in total. The number of aromatic hydroxyl groups is 2. The van der Waals surface area contributed by atoms with E-state index in [1.165, 1.54) is 53.7 Å². The highest BCUT2D eigenvalue weighted by Gasteiger charge is 2.24. The summed E-state index contributed by atoms with van der Waals surface area (Å²) in [6.07, 6.45) is 0. The van der Waals surface area contributed by atoms with Crippen LogP contribution < -0.4 is 29.1 Å². The lowest BCUT2D eigenvalue weighted by molar-refractivity contribution is 0.324. The molecule has 0 unspecified atom stereocenters. The first kappa shape index (κ1) is 23.6.